The molecular weight excluding hydrogens is 268 g/mol. The summed E-state index contributed by atoms with van der Waals surface area (Å²) >= 11 is 0. The Morgan fingerprint density at radius 1 is 1.00 bits per heavy atom. The highest BCUT2D eigenvalue weighted by atomic mass is 16.4. The van der Waals surface area contributed by atoms with Gasteiger partial charge in [0.05, 0.1) is 0 Å². The smallest absolute Gasteiger partial charge is 0.303 e. The number of hydrogen-bond donors (Lipinski definition) is 3. The molecule has 3 N–H and O–H groups in total. The summed E-state index contributed by atoms with van der Waals surface area (Å²) in [7, 11) is 0. The first-order valence-corrected chi connectivity index (χ1v) is 6.58. The van der Waals surface area contributed by atoms with Gasteiger partial charge in [0.1, 0.15) is 11.5 Å². The number of phenolic OH excluding ortho intramolecular Hbond substituents is 2. The average Bonchev–Trinajstić information content (AvgIpc) is 2.45. The van der Waals surface area contributed by atoms with Crippen LogP contribution in [0.3, 0.4) is 0 Å². The summed E-state index contributed by atoms with van der Waals surface area (Å²) in [5, 5.41) is 25.4. The van der Waals surface area contributed by atoms with E-state index in [1.54, 1.807) is 37.3 Å². The Balaban J connectivity index is 0.000000300. The summed E-state index contributed by atoms with van der Waals surface area (Å²) in [6.07, 6.45) is 0.222. The van der Waals surface area contributed by atoms with E-state index in [-0.39, 0.29) is 6.42 Å². The number of hydrogen-bond acceptors (Lipinski definition) is 3. The van der Waals surface area contributed by atoms with Gasteiger partial charge in [-0.2, -0.15) is 0 Å². The van der Waals surface area contributed by atoms with Crippen molar-refractivity contribution in [2.45, 2.75) is 27.2 Å². The molecule has 4 heteroatoms. The maximum absolute atomic E-state index is 9.37. The number of aromatic hydroxyl groups is 2. The zero-order chi connectivity index (χ0) is 16.3. The SMILES string of the molecule is CCC(=O)O.Cc1ccc(O)c(C)c1.Oc1ccccc1. The molecule has 114 valence electrons. The summed E-state index contributed by atoms with van der Waals surface area (Å²) < 4.78 is 0. The molecule has 0 aliphatic heterocycles. The van der Waals surface area contributed by atoms with Crippen LogP contribution in [-0.4, -0.2) is 21.3 Å². The van der Waals surface area contributed by atoms with E-state index in [0.29, 0.717) is 11.5 Å². The summed E-state index contributed by atoms with van der Waals surface area (Å²) in [5.41, 5.74) is 2.13. The summed E-state index contributed by atoms with van der Waals surface area (Å²) in [4.78, 5) is 9.37. The van der Waals surface area contributed by atoms with Crippen LogP contribution < -0.4 is 0 Å². The number of carbonyl (C=O) groups is 1. The molecule has 0 heterocycles. The second-order valence-electron chi connectivity index (χ2n) is 4.37. The molecule has 0 saturated heterocycles. The van der Waals surface area contributed by atoms with Crippen LogP contribution in [0.5, 0.6) is 11.5 Å². The quantitative estimate of drug-likeness (QED) is 0.744. The van der Waals surface area contributed by atoms with Gasteiger partial charge >= 0.3 is 5.97 Å². The second-order valence-corrected chi connectivity index (χ2v) is 4.37. The van der Waals surface area contributed by atoms with Crippen LogP contribution in [0, 0.1) is 13.8 Å². The van der Waals surface area contributed by atoms with Crippen molar-refractivity contribution in [1.29, 1.82) is 0 Å². The van der Waals surface area contributed by atoms with E-state index in [4.69, 9.17) is 15.3 Å². The van der Waals surface area contributed by atoms with Crippen LogP contribution in [-0.2, 0) is 4.79 Å². The molecule has 2 aromatic rings. The van der Waals surface area contributed by atoms with Gasteiger partial charge in [-0.1, -0.05) is 42.8 Å². The number of phenols is 2. The van der Waals surface area contributed by atoms with Crippen molar-refractivity contribution >= 4 is 5.97 Å². The van der Waals surface area contributed by atoms with Crippen LogP contribution in [0.4, 0.5) is 0 Å². The van der Waals surface area contributed by atoms with Crippen LogP contribution in [0.1, 0.15) is 24.5 Å². The molecule has 4 nitrogen and oxygen atoms in total. The van der Waals surface area contributed by atoms with E-state index in [9.17, 15) is 4.79 Å². The molecule has 0 saturated carbocycles. The first-order valence-electron chi connectivity index (χ1n) is 6.58. The van der Waals surface area contributed by atoms with Gasteiger partial charge in [-0.05, 0) is 37.6 Å². The van der Waals surface area contributed by atoms with Crippen molar-refractivity contribution in [3.63, 3.8) is 0 Å². The highest BCUT2D eigenvalue weighted by molar-refractivity contribution is 5.66. The molecular formula is C17H22O4. The third-order valence-electron chi connectivity index (χ3n) is 2.41. The second kappa shape index (κ2) is 10.3. The Hall–Kier alpha value is -2.49. The highest BCUT2D eigenvalue weighted by Crippen LogP contribution is 2.15. The number of rotatable bonds is 1. The van der Waals surface area contributed by atoms with Crippen LogP contribution in [0.25, 0.3) is 0 Å². The van der Waals surface area contributed by atoms with Crippen LogP contribution in [0.2, 0.25) is 0 Å². The molecule has 0 atom stereocenters. The summed E-state index contributed by atoms with van der Waals surface area (Å²) in [6.45, 7) is 5.50. The normalized spacial score (nSPS) is 8.71. The maximum Gasteiger partial charge on any atom is 0.303 e. The van der Waals surface area contributed by atoms with E-state index < -0.39 is 5.97 Å². The molecule has 0 bridgehead atoms. The molecule has 0 unspecified atom stereocenters. The van der Waals surface area contributed by atoms with Gasteiger partial charge in [0.2, 0.25) is 0 Å². The molecule has 21 heavy (non-hydrogen) atoms. The minimum atomic E-state index is -0.745. The Morgan fingerprint density at radius 2 is 1.52 bits per heavy atom. The van der Waals surface area contributed by atoms with Gasteiger partial charge in [0.15, 0.2) is 0 Å². The number of carboxylic acid groups (broad SMARTS) is 1. The Labute approximate surface area is 125 Å². The lowest BCUT2D eigenvalue weighted by Gasteiger charge is -1.97. The molecule has 2 rings (SSSR count). The van der Waals surface area contributed by atoms with Crippen molar-refractivity contribution in [3.8, 4) is 11.5 Å². The van der Waals surface area contributed by atoms with E-state index in [1.807, 2.05) is 32.0 Å². The van der Waals surface area contributed by atoms with Crippen molar-refractivity contribution in [1.82, 2.24) is 0 Å². The van der Waals surface area contributed by atoms with Crippen molar-refractivity contribution in [3.05, 3.63) is 59.7 Å². The molecule has 0 radical (unpaired) electrons. The lowest BCUT2D eigenvalue weighted by atomic mass is 10.1. The lowest BCUT2D eigenvalue weighted by Crippen LogP contribution is -1.86. The standard InChI is InChI=1S/C8H10O.C6H6O.C3H6O2/c1-6-3-4-8(9)7(2)5-6;7-6-4-2-1-3-5-6;1-2-3(4)5/h3-5,9H,1-2H3;1-5,7H;2H2,1H3,(H,4,5). The molecule has 0 aliphatic carbocycles. The van der Waals surface area contributed by atoms with E-state index in [1.165, 1.54) is 5.56 Å². The van der Waals surface area contributed by atoms with Gasteiger partial charge in [0.25, 0.3) is 0 Å². The lowest BCUT2D eigenvalue weighted by molar-refractivity contribution is -0.136. The van der Waals surface area contributed by atoms with E-state index in [0.717, 1.165) is 5.56 Å². The predicted molar refractivity (Wildman–Crippen MR) is 83.6 cm³/mol. The van der Waals surface area contributed by atoms with Gasteiger partial charge in [-0.15, -0.1) is 0 Å². The first-order chi connectivity index (χ1) is 9.86. The third-order valence-corrected chi connectivity index (χ3v) is 2.41. The third kappa shape index (κ3) is 10.0. The molecule has 0 amide bonds. The Kier molecular flexibility index (Phi) is 9.09. The van der Waals surface area contributed by atoms with E-state index in [2.05, 4.69) is 0 Å². The monoisotopic (exact) mass is 290 g/mol. The summed E-state index contributed by atoms with van der Waals surface area (Å²) in [5.74, 6) is -0.0481. The van der Waals surface area contributed by atoms with Crippen LogP contribution >= 0.6 is 0 Å². The fourth-order valence-corrected chi connectivity index (χ4v) is 1.23. The first kappa shape index (κ1) is 18.5. The molecule has 0 fully saturated rings. The Bertz CT molecular complexity index is 536. The molecule has 0 aliphatic rings. The van der Waals surface area contributed by atoms with Crippen molar-refractivity contribution < 1.29 is 20.1 Å². The number of aliphatic carboxylic acids is 1. The van der Waals surface area contributed by atoms with Crippen molar-refractivity contribution in [2.24, 2.45) is 0 Å². The largest absolute Gasteiger partial charge is 0.508 e. The van der Waals surface area contributed by atoms with Gasteiger partial charge < -0.3 is 15.3 Å². The van der Waals surface area contributed by atoms with Gasteiger partial charge in [-0.3, -0.25) is 4.79 Å². The van der Waals surface area contributed by atoms with Gasteiger partial charge in [-0.25, -0.2) is 0 Å². The summed E-state index contributed by atoms with van der Waals surface area (Å²) in [6, 6.07) is 14.3. The van der Waals surface area contributed by atoms with Crippen molar-refractivity contribution in [2.75, 3.05) is 0 Å². The number of carboxylic acids is 1. The zero-order valence-corrected chi connectivity index (χ0v) is 12.6. The average molecular weight is 290 g/mol. The van der Waals surface area contributed by atoms with Gasteiger partial charge in [0, 0.05) is 6.42 Å². The number of benzene rings is 2. The number of aryl methyl sites for hydroxylation is 2. The highest BCUT2D eigenvalue weighted by Gasteiger charge is 1.91. The zero-order valence-electron chi connectivity index (χ0n) is 12.6. The topological polar surface area (TPSA) is 77.8 Å². The molecule has 0 spiro atoms. The van der Waals surface area contributed by atoms with Crippen LogP contribution in [0.15, 0.2) is 48.5 Å². The number of para-hydroxylation sites is 1. The fourth-order valence-electron chi connectivity index (χ4n) is 1.23. The minimum Gasteiger partial charge on any atom is -0.508 e. The maximum atomic E-state index is 9.37. The molecule has 2 aromatic carbocycles. The Morgan fingerprint density at radius 3 is 1.81 bits per heavy atom. The predicted octanol–water partition coefficient (Wildman–Crippen LogP) is 3.88. The minimum absolute atomic E-state index is 0.222. The fraction of sp³-hybridized carbons (Fsp3) is 0.235. The van der Waals surface area contributed by atoms with E-state index >= 15 is 0 Å². The molecule has 0 aromatic heterocycles.